The Morgan fingerprint density at radius 1 is 1.20 bits per heavy atom. The second-order valence-corrected chi connectivity index (χ2v) is 5.33. The van der Waals surface area contributed by atoms with Gasteiger partial charge in [-0.2, -0.15) is 0 Å². The van der Waals surface area contributed by atoms with Gasteiger partial charge in [0, 0.05) is 12.1 Å². The molecule has 2 atom stereocenters. The van der Waals surface area contributed by atoms with Gasteiger partial charge in [-0.05, 0) is 37.3 Å². The van der Waals surface area contributed by atoms with E-state index in [1.54, 1.807) is 0 Å². The standard InChI is InChI=1S/C17H27NO2/c1-5-13(3)18-16(12-17(19)20-4)11-15-9-7-14(6-2)8-10-15/h7-10,13,16,18H,5-6,11-12H2,1-4H3. The van der Waals surface area contributed by atoms with Crippen LogP contribution >= 0.6 is 0 Å². The lowest BCUT2D eigenvalue weighted by Crippen LogP contribution is -2.39. The first-order chi connectivity index (χ1) is 9.58. The number of hydrogen-bond donors (Lipinski definition) is 1. The van der Waals surface area contributed by atoms with Crippen molar-refractivity contribution in [2.24, 2.45) is 0 Å². The topological polar surface area (TPSA) is 38.3 Å². The van der Waals surface area contributed by atoms with Gasteiger partial charge in [-0.1, -0.05) is 38.1 Å². The predicted octanol–water partition coefficient (Wildman–Crippen LogP) is 3.11. The van der Waals surface area contributed by atoms with Crippen molar-refractivity contribution in [3.8, 4) is 0 Å². The molecule has 0 saturated heterocycles. The maximum atomic E-state index is 11.5. The van der Waals surface area contributed by atoms with E-state index < -0.39 is 0 Å². The molecule has 2 unspecified atom stereocenters. The zero-order valence-electron chi connectivity index (χ0n) is 13.1. The number of ether oxygens (including phenoxy) is 1. The molecule has 0 spiro atoms. The molecule has 0 aromatic heterocycles. The van der Waals surface area contributed by atoms with Crippen molar-refractivity contribution in [1.82, 2.24) is 5.32 Å². The molecule has 20 heavy (non-hydrogen) atoms. The molecule has 0 aliphatic rings. The summed E-state index contributed by atoms with van der Waals surface area (Å²) in [6.45, 7) is 6.44. The van der Waals surface area contributed by atoms with Crippen molar-refractivity contribution in [2.45, 2.75) is 58.5 Å². The van der Waals surface area contributed by atoms with Gasteiger partial charge < -0.3 is 10.1 Å². The van der Waals surface area contributed by atoms with E-state index in [-0.39, 0.29) is 12.0 Å². The van der Waals surface area contributed by atoms with Gasteiger partial charge in [-0.3, -0.25) is 4.79 Å². The highest BCUT2D eigenvalue weighted by atomic mass is 16.5. The minimum Gasteiger partial charge on any atom is -0.469 e. The van der Waals surface area contributed by atoms with Gasteiger partial charge in [0.05, 0.1) is 13.5 Å². The number of esters is 1. The van der Waals surface area contributed by atoms with Gasteiger partial charge >= 0.3 is 5.97 Å². The minimum absolute atomic E-state index is 0.130. The summed E-state index contributed by atoms with van der Waals surface area (Å²) in [7, 11) is 1.44. The number of hydrogen-bond acceptors (Lipinski definition) is 3. The third kappa shape index (κ3) is 5.74. The van der Waals surface area contributed by atoms with Gasteiger partial charge in [0.1, 0.15) is 0 Å². The highest BCUT2D eigenvalue weighted by Gasteiger charge is 2.16. The summed E-state index contributed by atoms with van der Waals surface area (Å²) in [5, 5.41) is 3.51. The van der Waals surface area contributed by atoms with E-state index in [0.717, 1.165) is 19.3 Å². The van der Waals surface area contributed by atoms with Crippen molar-refractivity contribution in [3.63, 3.8) is 0 Å². The Kier molecular flexibility index (Phi) is 7.31. The van der Waals surface area contributed by atoms with Gasteiger partial charge in [-0.25, -0.2) is 0 Å². The third-order valence-corrected chi connectivity index (χ3v) is 3.69. The van der Waals surface area contributed by atoms with Gasteiger partial charge in [0.2, 0.25) is 0 Å². The predicted molar refractivity (Wildman–Crippen MR) is 82.8 cm³/mol. The molecule has 3 heteroatoms. The largest absolute Gasteiger partial charge is 0.469 e. The Morgan fingerprint density at radius 3 is 2.30 bits per heavy atom. The van der Waals surface area contributed by atoms with Crippen molar-refractivity contribution in [1.29, 1.82) is 0 Å². The summed E-state index contributed by atoms with van der Waals surface area (Å²) in [5.41, 5.74) is 2.60. The first kappa shape index (κ1) is 16.7. The van der Waals surface area contributed by atoms with Crippen LogP contribution in [0.5, 0.6) is 0 Å². The van der Waals surface area contributed by atoms with E-state index in [9.17, 15) is 4.79 Å². The van der Waals surface area contributed by atoms with E-state index in [2.05, 4.69) is 50.4 Å². The second kappa shape index (κ2) is 8.75. The highest BCUT2D eigenvalue weighted by molar-refractivity contribution is 5.70. The average molecular weight is 277 g/mol. The Bertz CT molecular complexity index is 400. The molecule has 0 radical (unpaired) electrons. The monoisotopic (exact) mass is 277 g/mol. The summed E-state index contributed by atoms with van der Waals surface area (Å²) in [6.07, 6.45) is 3.36. The van der Waals surface area contributed by atoms with Crippen LogP contribution in [0, 0.1) is 0 Å². The summed E-state index contributed by atoms with van der Waals surface area (Å²) >= 11 is 0. The second-order valence-electron chi connectivity index (χ2n) is 5.33. The van der Waals surface area contributed by atoms with Crippen molar-refractivity contribution in [3.05, 3.63) is 35.4 Å². The lowest BCUT2D eigenvalue weighted by molar-refractivity contribution is -0.141. The van der Waals surface area contributed by atoms with Crippen LogP contribution in [0.25, 0.3) is 0 Å². The molecule has 1 aromatic carbocycles. The number of carbonyl (C=O) groups is 1. The number of rotatable bonds is 8. The van der Waals surface area contributed by atoms with Crippen LogP contribution in [0.3, 0.4) is 0 Å². The Morgan fingerprint density at radius 2 is 1.80 bits per heavy atom. The van der Waals surface area contributed by atoms with E-state index in [1.807, 2.05) is 0 Å². The maximum Gasteiger partial charge on any atom is 0.307 e. The fraction of sp³-hybridized carbons (Fsp3) is 0.588. The zero-order valence-corrected chi connectivity index (χ0v) is 13.1. The molecule has 3 nitrogen and oxygen atoms in total. The third-order valence-electron chi connectivity index (χ3n) is 3.69. The van der Waals surface area contributed by atoms with Gasteiger partial charge in [0.25, 0.3) is 0 Å². The van der Waals surface area contributed by atoms with Gasteiger partial charge in [-0.15, -0.1) is 0 Å². The molecular weight excluding hydrogens is 250 g/mol. The van der Waals surface area contributed by atoms with E-state index in [1.165, 1.54) is 18.2 Å². The first-order valence-corrected chi connectivity index (χ1v) is 7.49. The number of benzene rings is 1. The molecule has 1 rings (SSSR count). The molecule has 1 aromatic rings. The molecule has 1 N–H and O–H groups in total. The average Bonchev–Trinajstić information content (AvgIpc) is 2.47. The minimum atomic E-state index is -0.156. The molecular formula is C17H27NO2. The molecule has 0 amide bonds. The summed E-state index contributed by atoms with van der Waals surface area (Å²) in [4.78, 5) is 11.5. The van der Waals surface area contributed by atoms with E-state index in [0.29, 0.717) is 12.5 Å². The first-order valence-electron chi connectivity index (χ1n) is 7.49. The fourth-order valence-electron chi connectivity index (χ4n) is 2.19. The summed E-state index contributed by atoms with van der Waals surface area (Å²) in [5.74, 6) is -0.156. The SMILES string of the molecule is CCc1ccc(CC(CC(=O)OC)NC(C)CC)cc1. The lowest BCUT2D eigenvalue weighted by atomic mass is 10.0. The van der Waals surface area contributed by atoms with Crippen LogP contribution in [0.1, 0.15) is 44.7 Å². The van der Waals surface area contributed by atoms with Crippen LogP contribution in [0.2, 0.25) is 0 Å². The van der Waals surface area contributed by atoms with Crippen molar-refractivity contribution >= 4 is 5.97 Å². The summed E-state index contributed by atoms with van der Waals surface area (Å²) in [6, 6.07) is 9.16. The Labute approximate surface area is 122 Å². The fourth-order valence-corrected chi connectivity index (χ4v) is 2.19. The molecule has 0 fully saturated rings. The number of aryl methyl sites for hydroxylation is 1. The maximum absolute atomic E-state index is 11.5. The zero-order chi connectivity index (χ0) is 15.0. The molecule has 0 saturated carbocycles. The van der Waals surface area contributed by atoms with Crippen LogP contribution < -0.4 is 5.32 Å². The number of carbonyl (C=O) groups excluding carboxylic acids is 1. The Balaban J connectivity index is 2.68. The van der Waals surface area contributed by atoms with Crippen molar-refractivity contribution < 1.29 is 9.53 Å². The molecule has 0 aliphatic carbocycles. The van der Waals surface area contributed by atoms with Crippen LogP contribution in [0.4, 0.5) is 0 Å². The molecule has 0 aliphatic heterocycles. The van der Waals surface area contributed by atoms with E-state index >= 15 is 0 Å². The van der Waals surface area contributed by atoms with Crippen LogP contribution in [-0.4, -0.2) is 25.2 Å². The smallest absolute Gasteiger partial charge is 0.307 e. The van der Waals surface area contributed by atoms with Crippen LogP contribution in [-0.2, 0) is 22.4 Å². The normalized spacial score (nSPS) is 13.8. The number of nitrogens with one attached hydrogen (secondary N) is 1. The van der Waals surface area contributed by atoms with Crippen molar-refractivity contribution in [2.75, 3.05) is 7.11 Å². The summed E-state index contributed by atoms with van der Waals surface area (Å²) < 4.78 is 4.79. The highest BCUT2D eigenvalue weighted by Crippen LogP contribution is 2.11. The molecule has 112 valence electrons. The number of methoxy groups -OCH3 is 1. The van der Waals surface area contributed by atoms with Gasteiger partial charge in [0.15, 0.2) is 0 Å². The Hall–Kier alpha value is -1.35. The lowest BCUT2D eigenvalue weighted by Gasteiger charge is -2.22. The van der Waals surface area contributed by atoms with Crippen LogP contribution in [0.15, 0.2) is 24.3 Å². The molecule has 0 bridgehead atoms. The molecule has 0 heterocycles. The van der Waals surface area contributed by atoms with E-state index in [4.69, 9.17) is 4.74 Å². The quantitative estimate of drug-likeness (QED) is 0.742.